The Bertz CT molecular complexity index is 262. The van der Waals surface area contributed by atoms with Gasteiger partial charge in [-0.15, -0.1) is 0 Å². The van der Waals surface area contributed by atoms with E-state index >= 15 is 0 Å². The molecule has 0 atom stereocenters. The average Bonchev–Trinajstić information content (AvgIpc) is 1.97. The molecule has 15 heavy (non-hydrogen) atoms. The number of hydrogen-bond donors (Lipinski definition) is 0. The van der Waals surface area contributed by atoms with Gasteiger partial charge in [-0.25, -0.2) is 0 Å². The second-order valence-electron chi connectivity index (χ2n) is 2.98. The fourth-order valence-electron chi connectivity index (χ4n) is 1.15. The Morgan fingerprint density at radius 3 is 1.73 bits per heavy atom. The first kappa shape index (κ1) is 21.4. The molecule has 6 heteroatoms. The van der Waals surface area contributed by atoms with Gasteiger partial charge in [0.15, 0.2) is 0 Å². The first-order valence-electron chi connectivity index (χ1n) is 4.07. The summed E-state index contributed by atoms with van der Waals surface area (Å²) < 4.78 is 0. The molecule has 0 aliphatic rings. The summed E-state index contributed by atoms with van der Waals surface area (Å²) in [5, 5.41) is 10.1. The van der Waals surface area contributed by atoms with Crippen LogP contribution in [0.15, 0.2) is 11.1 Å². The van der Waals surface area contributed by atoms with Crippen molar-refractivity contribution in [3.05, 3.63) is 11.1 Å². The number of carboxylic acids is 1. The third kappa shape index (κ3) is 7.10. The number of carboxylic acid groups (broad SMARTS) is 1. The van der Waals surface area contributed by atoms with Crippen molar-refractivity contribution in [3.63, 3.8) is 0 Å². The van der Waals surface area contributed by atoms with E-state index in [9.17, 15) is 14.7 Å². The van der Waals surface area contributed by atoms with Crippen LogP contribution in [0, 0.1) is 5.92 Å². The van der Waals surface area contributed by atoms with Crippen LogP contribution < -0.4 is 64.2 Å². The van der Waals surface area contributed by atoms with E-state index in [1.54, 1.807) is 20.8 Å². The minimum Gasteiger partial charge on any atom is -0.737 e. The standard InChI is InChI=1S/C9H14O3S.2Na/c1-4-6(9(12)13)7(5(2)3)8(10)11;;/h5H,4H2,1-3H3,(H,10,11)(H,12,13);;/q;2*+1/p-2/b7-6-;;. The normalized spacial score (nSPS) is 10.9. The van der Waals surface area contributed by atoms with Gasteiger partial charge < -0.3 is 27.3 Å². The predicted octanol–water partition coefficient (Wildman–Crippen LogP) is -5.82. The van der Waals surface area contributed by atoms with Gasteiger partial charge in [0.25, 0.3) is 0 Å². The van der Waals surface area contributed by atoms with Gasteiger partial charge in [-0.3, -0.25) is 0 Å². The van der Waals surface area contributed by atoms with E-state index < -0.39 is 11.1 Å². The maximum atomic E-state index is 10.9. The Labute approximate surface area is 140 Å². The summed E-state index contributed by atoms with van der Waals surface area (Å²) >= 11 is 4.43. The molecule has 0 saturated carbocycles. The summed E-state index contributed by atoms with van der Waals surface area (Å²) in [5.41, 5.74) is 0.215. The van der Waals surface area contributed by atoms with Crippen molar-refractivity contribution >= 4 is 23.7 Å². The van der Waals surface area contributed by atoms with Crippen molar-refractivity contribution in [3.8, 4) is 0 Å². The molecule has 0 aliphatic heterocycles. The molecule has 0 aliphatic carbocycles. The molecule has 3 nitrogen and oxygen atoms in total. The number of carbonyl (C=O) groups is 2. The number of hydrogen-bond acceptors (Lipinski definition) is 4. The zero-order chi connectivity index (χ0) is 10.6. The van der Waals surface area contributed by atoms with Crippen LogP contribution in [0.25, 0.3) is 0 Å². The molecule has 0 bridgehead atoms. The molecule has 0 N–H and O–H groups in total. The first-order chi connectivity index (χ1) is 5.91. The molecule has 0 saturated heterocycles. The zero-order valence-corrected chi connectivity index (χ0v) is 14.7. The minimum absolute atomic E-state index is 0. The van der Waals surface area contributed by atoms with E-state index in [1.807, 2.05) is 0 Å². The van der Waals surface area contributed by atoms with Gasteiger partial charge in [0.1, 0.15) is 0 Å². The van der Waals surface area contributed by atoms with Crippen LogP contribution in [-0.2, 0) is 22.2 Å². The van der Waals surface area contributed by atoms with E-state index in [0.29, 0.717) is 6.42 Å². The van der Waals surface area contributed by atoms with Crippen molar-refractivity contribution in [2.24, 2.45) is 5.92 Å². The molecule has 0 aromatic heterocycles. The molecule has 0 rings (SSSR count). The molecule has 0 aromatic rings. The van der Waals surface area contributed by atoms with Crippen molar-refractivity contribution < 1.29 is 73.8 Å². The fraction of sp³-hybridized carbons (Fsp3) is 0.556. The summed E-state index contributed by atoms with van der Waals surface area (Å²) in [6, 6.07) is 0. The van der Waals surface area contributed by atoms with Gasteiger partial charge in [-0.1, -0.05) is 20.8 Å². The van der Waals surface area contributed by atoms with Crippen molar-refractivity contribution in [2.45, 2.75) is 27.2 Å². The van der Waals surface area contributed by atoms with Gasteiger partial charge in [-0.05, 0) is 23.5 Å². The van der Waals surface area contributed by atoms with E-state index in [-0.39, 0.29) is 76.2 Å². The van der Waals surface area contributed by atoms with Crippen LogP contribution in [0.2, 0.25) is 0 Å². The van der Waals surface area contributed by atoms with E-state index in [0.717, 1.165) is 0 Å². The molecule has 0 spiro atoms. The molecule has 0 amide bonds. The van der Waals surface area contributed by atoms with E-state index in [1.165, 1.54) is 0 Å². The Morgan fingerprint density at radius 2 is 1.67 bits per heavy atom. The van der Waals surface area contributed by atoms with Crippen LogP contribution in [0.3, 0.4) is 0 Å². The maximum absolute atomic E-state index is 10.9. The van der Waals surface area contributed by atoms with Gasteiger partial charge in [0, 0.05) is 5.12 Å². The fourth-order valence-corrected chi connectivity index (χ4v) is 1.41. The van der Waals surface area contributed by atoms with Crippen molar-refractivity contribution in [1.82, 2.24) is 0 Å². The SMILES string of the molecule is CC/C(C(=O)[S-])=C(/C(=O)[O-])C(C)C.[Na+].[Na+]. The third-order valence-electron chi connectivity index (χ3n) is 1.72. The molecule has 0 aromatic carbocycles. The monoisotopic (exact) mass is 246 g/mol. The topological polar surface area (TPSA) is 57.2 Å². The molecule has 74 valence electrons. The smallest absolute Gasteiger partial charge is 0.737 e. The number of aliphatic carboxylic acids is 1. The van der Waals surface area contributed by atoms with Crippen LogP contribution in [-0.4, -0.2) is 11.1 Å². The summed E-state index contributed by atoms with van der Waals surface area (Å²) in [4.78, 5) is 21.6. The Morgan fingerprint density at radius 1 is 1.27 bits per heavy atom. The minimum atomic E-state index is -1.30. The van der Waals surface area contributed by atoms with Gasteiger partial charge >= 0.3 is 59.1 Å². The van der Waals surface area contributed by atoms with Crippen LogP contribution in [0.1, 0.15) is 27.2 Å². The van der Waals surface area contributed by atoms with Crippen LogP contribution in [0.4, 0.5) is 0 Å². The Kier molecular flexibility index (Phi) is 14.6. The maximum Gasteiger partial charge on any atom is 1.00 e. The summed E-state index contributed by atoms with van der Waals surface area (Å²) in [6.07, 6.45) is 0.337. The van der Waals surface area contributed by atoms with Crippen molar-refractivity contribution in [2.75, 3.05) is 0 Å². The second-order valence-corrected chi connectivity index (χ2v) is 3.35. The van der Waals surface area contributed by atoms with Crippen LogP contribution >= 0.6 is 0 Å². The quantitative estimate of drug-likeness (QED) is 0.282. The molecule has 0 unspecified atom stereocenters. The molecular formula is C9H12Na2O3S. The number of carbonyl (C=O) groups excluding carboxylic acids is 2. The van der Waals surface area contributed by atoms with Gasteiger partial charge in [-0.2, -0.15) is 0 Å². The van der Waals surface area contributed by atoms with Crippen molar-refractivity contribution in [1.29, 1.82) is 0 Å². The molecule has 0 radical (unpaired) electrons. The number of rotatable bonds is 4. The first-order valence-corrected chi connectivity index (χ1v) is 4.48. The molecular weight excluding hydrogens is 234 g/mol. The van der Waals surface area contributed by atoms with Gasteiger partial charge in [0.2, 0.25) is 0 Å². The second kappa shape index (κ2) is 10.3. The van der Waals surface area contributed by atoms with Gasteiger partial charge in [0.05, 0.1) is 5.97 Å². The predicted molar refractivity (Wildman–Crippen MR) is 49.5 cm³/mol. The molecule has 0 fully saturated rings. The van der Waals surface area contributed by atoms with E-state index in [4.69, 9.17) is 0 Å². The Balaban J connectivity index is -0.000000720. The average molecular weight is 246 g/mol. The summed E-state index contributed by atoms with van der Waals surface area (Å²) in [6.45, 7) is 5.09. The Hall–Kier alpha value is 1.10. The summed E-state index contributed by atoms with van der Waals surface area (Å²) in [5.74, 6) is -1.54. The largest absolute Gasteiger partial charge is 1.00 e. The zero-order valence-electron chi connectivity index (χ0n) is 9.92. The molecule has 0 heterocycles. The van der Waals surface area contributed by atoms with Crippen LogP contribution in [0.5, 0.6) is 0 Å². The summed E-state index contributed by atoms with van der Waals surface area (Å²) in [7, 11) is 0. The van der Waals surface area contributed by atoms with E-state index in [2.05, 4.69) is 12.6 Å². The third-order valence-corrected chi connectivity index (χ3v) is 1.97.